The lowest BCUT2D eigenvalue weighted by atomic mass is 10.4. The first-order chi connectivity index (χ1) is 8.28. The highest BCUT2D eigenvalue weighted by Gasteiger charge is 2.00. The number of rotatable bonds is 6. The molecular formula is C12H17N3O2. The van der Waals surface area contributed by atoms with Crippen molar-refractivity contribution in [3.05, 3.63) is 41.6 Å². The number of aromatic nitrogens is 2. The van der Waals surface area contributed by atoms with Gasteiger partial charge in [0.15, 0.2) is 0 Å². The summed E-state index contributed by atoms with van der Waals surface area (Å²) in [6, 6.07) is 3.66. The van der Waals surface area contributed by atoms with E-state index >= 15 is 0 Å². The summed E-state index contributed by atoms with van der Waals surface area (Å²) in [6.07, 6.45) is 3.86. The minimum absolute atomic E-state index is 0.0490. The molecule has 0 saturated heterocycles. The molecule has 17 heavy (non-hydrogen) atoms. The van der Waals surface area contributed by atoms with E-state index in [1.165, 1.54) is 5.56 Å². The van der Waals surface area contributed by atoms with Gasteiger partial charge in [-0.15, -0.1) is 0 Å². The number of aliphatic hydroxyl groups is 1. The van der Waals surface area contributed by atoms with Gasteiger partial charge in [-0.25, -0.2) is 0 Å². The predicted molar refractivity (Wildman–Crippen MR) is 63.3 cm³/mol. The molecule has 0 spiro atoms. The number of nitrogens with zero attached hydrogens (tertiary/aromatic N) is 2. The lowest BCUT2D eigenvalue weighted by Crippen LogP contribution is -2.19. The largest absolute Gasteiger partial charge is 0.462 e. The van der Waals surface area contributed by atoms with Crippen LogP contribution in [-0.4, -0.2) is 21.4 Å². The van der Waals surface area contributed by atoms with Crippen LogP contribution in [0.2, 0.25) is 0 Å². The molecule has 0 aliphatic carbocycles. The van der Waals surface area contributed by atoms with Crippen LogP contribution < -0.4 is 5.32 Å². The molecule has 2 aromatic rings. The van der Waals surface area contributed by atoms with Gasteiger partial charge < -0.3 is 14.8 Å². The number of furan rings is 1. The van der Waals surface area contributed by atoms with Crippen LogP contribution in [0.5, 0.6) is 0 Å². The minimum atomic E-state index is -0.0490. The zero-order valence-electron chi connectivity index (χ0n) is 9.89. The Labute approximate surface area is 100 Å². The van der Waals surface area contributed by atoms with Crippen molar-refractivity contribution in [3.63, 3.8) is 0 Å². The molecule has 0 fully saturated rings. The van der Waals surface area contributed by atoms with Crippen LogP contribution in [0.4, 0.5) is 0 Å². The molecule has 0 atom stereocenters. The van der Waals surface area contributed by atoms with E-state index in [4.69, 9.17) is 9.52 Å². The Balaban J connectivity index is 1.69. The summed E-state index contributed by atoms with van der Waals surface area (Å²) < 4.78 is 7.26. The topological polar surface area (TPSA) is 63.2 Å². The fraction of sp³-hybridized carbons (Fsp3) is 0.417. The van der Waals surface area contributed by atoms with Crippen molar-refractivity contribution in [2.75, 3.05) is 6.54 Å². The third kappa shape index (κ3) is 3.44. The van der Waals surface area contributed by atoms with E-state index in [2.05, 4.69) is 10.4 Å². The van der Waals surface area contributed by atoms with Crippen LogP contribution in [0.25, 0.3) is 0 Å². The molecule has 0 aliphatic heterocycles. The maximum atomic E-state index is 8.85. The highest BCUT2D eigenvalue weighted by Crippen LogP contribution is 2.06. The maximum Gasteiger partial charge on any atom is 0.129 e. The van der Waals surface area contributed by atoms with Crippen LogP contribution in [0, 0.1) is 6.92 Å². The SMILES string of the molecule is Cc1cnn(CCNCc2ccc(CO)o2)c1. The highest BCUT2D eigenvalue weighted by atomic mass is 16.4. The van der Waals surface area contributed by atoms with E-state index in [0.29, 0.717) is 12.3 Å². The Morgan fingerprint density at radius 1 is 1.41 bits per heavy atom. The molecule has 2 aromatic heterocycles. The molecule has 0 saturated carbocycles. The van der Waals surface area contributed by atoms with E-state index in [1.54, 1.807) is 6.07 Å². The molecule has 92 valence electrons. The van der Waals surface area contributed by atoms with Crippen molar-refractivity contribution in [2.24, 2.45) is 0 Å². The van der Waals surface area contributed by atoms with E-state index in [-0.39, 0.29) is 6.61 Å². The molecule has 0 aromatic carbocycles. The lowest BCUT2D eigenvalue weighted by Gasteiger charge is -2.03. The summed E-state index contributed by atoms with van der Waals surface area (Å²) in [5.41, 5.74) is 1.17. The van der Waals surface area contributed by atoms with Gasteiger partial charge in [0.25, 0.3) is 0 Å². The van der Waals surface area contributed by atoms with Crippen LogP contribution in [0.15, 0.2) is 28.9 Å². The van der Waals surface area contributed by atoms with Crippen LogP contribution >= 0.6 is 0 Å². The molecule has 0 aliphatic rings. The first kappa shape index (κ1) is 11.9. The van der Waals surface area contributed by atoms with Crippen molar-refractivity contribution in [3.8, 4) is 0 Å². The molecule has 2 N–H and O–H groups in total. The smallest absolute Gasteiger partial charge is 0.129 e. The van der Waals surface area contributed by atoms with Crippen LogP contribution in [0.3, 0.4) is 0 Å². The Bertz CT molecular complexity index is 462. The molecule has 2 heterocycles. The quantitative estimate of drug-likeness (QED) is 0.735. The van der Waals surface area contributed by atoms with Crippen LogP contribution in [-0.2, 0) is 19.7 Å². The Morgan fingerprint density at radius 2 is 2.24 bits per heavy atom. The number of aliphatic hydroxyl groups excluding tert-OH is 1. The maximum absolute atomic E-state index is 8.85. The van der Waals surface area contributed by atoms with Crippen LogP contribution in [0.1, 0.15) is 17.1 Å². The van der Waals surface area contributed by atoms with Gasteiger partial charge in [0, 0.05) is 12.7 Å². The number of nitrogens with one attached hydrogen (secondary N) is 1. The van der Waals surface area contributed by atoms with Crippen molar-refractivity contribution < 1.29 is 9.52 Å². The fourth-order valence-electron chi connectivity index (χ4n) is 1.60. The van der Waals surface area contributed by atoms with Gasteiger partial charge in [-0.2, -0.15) is 5.10 Å². The highest BCUT2D eigenvalue weighted by molar-refractivity contribution is 5.06. The number of hydrogen-bond acceptors (Lipinski definition) is 4. The van der Waals surface area contributed by atoms with E-state index < -0.39 is 0 Å². The summed E-state index contributed by atoms with van der Waals surface area (Å²) in [6.45, 7) is 4.31. The molecule has 2 rings (SSSR count). The molecule has 0 radical (unpaired) electrons. The van der Waals surface area contributed by atoms with E-state index in [0.717, 1.165) is 18.8 Å². The molecule has 0 bridgehead atoms. The zero-order chi connectivity index (χ0) is 12.1. The van der Waals surface area contributed by atoms with Crippen molar-refractivity contribution in [2.45, 2.75) is 26.6 Å². The number of hydrogen-bond donors (Lipinski definition) is 2. The minimum Gasteiger partial charge on any atom is -0.462 e. The summed E-state index contributed by atoms with van der Waals surface area (Å²) in [4.78, 5) is 0. The molecule has 5 heteroatoms. The van der Waals surface area contributed by atoms with Gasteiger partial charge in [-0.1, -0.05) is 0 Å². The zero-order valence-corrected chi connectivity index (χ0v) is 9.89. The van der Waals surface area contributed by atoms with Gasteiger partial charge in [-0.3, -0.25) is 4.68 Å². The summed E-state index contributed by atoms with van der Waals surface area (Å²) in [7, 11) is 0. The second-order valence-corrected chi connectivity index (χ2v) is 3.98. The number of aryl methyl sites for hydroxylation is 1. The third-order valence-corrected chi connectivity index (χ3v) is 2.45. The standard InChI is InChI=1S/C12H17N3O2/c1-10-6-14-15(8-10)5-4-13-7-11-2-3-12(9-16)17-11/h2-3,6,8,13,16H,4-5,7,9H2,1H3. The third-order valence-electron chi connectivity index (χ3n) is 2.45. The summed E-state index contributed by atoms with van der Waals surface area (Å²) in [5.74, 6) is 1.44. The molecule has 0 unspecified atom stereocenters. The Morgan fingerprint density at radius 3 is 2.88 bits per heavy atom. The van der Waals surface area contributed by atoms with Gasteiger partial charge in [-0.05, 0) is 24.6 Å². The fourth-order valence-corrected chi connectivity index (χ4v) is 1.60. The molecule has 0 amide bonds. The van der Waals surface area contributed by atoms with Gasteiger partial charge in [0.1, 0.15) is 18.1 Å². The Kier molecular flexibility index (Phi) is 3.95. The molecule has 5 nitrogen and oxygen atoms in total. The average molecular weight is 235 g/mol. The second-order valence-electron chi connectivity index (χ2n) is 3.98. The second kappa shape index (κ2) is 5.65. The van der Waals surface area contributed by atoms with Crippen molar-refractivity contribution in [1.29, 1.82) is 0 Å². The summed E-state index contributed by atoms with van der Waals surface area (Å²) in [5, 5.41) is 16.3. The van der Waals surface area contributed by atoms with Gasteiger partial charge in [0.2, 0.25) is 0 Å². The first-order valence-electron chi connectivity index (χ1n) is 5.66. The van der Waals surface area contributed by atoms with Crippen molar-refractivity contribution >= 4 is 0 Å². The summed E-state index contributed by atoms with van der Waals surface area (Å²) >= 11 is 0. The van der Waals surface area contributed by atoms with Crippen molar-refractivity contribution in [1.82, 2.24) is 15.1 Å². The molecular weight excluding hydrogens is 218 g/mol. The Hall–Kier alpha value is -1.59. The predicted octanol–water partition coefficient (Wildman–Crippen LogP) is 1.07. The first-order valence-corrected chi connectivity index (χ1v) is 5.66. The van der Waals surface area contributed by atoms with Gasteiger partial charge >= 0.3 is 0 Å². The normalized spacial score (nSPS) is 10.9. The average Bonchev–Trinajstić information content (AvgIpc) is 2.93. The van der Waals surface area contributed by atoms with E-state index in [1.807, 2.05) is 30.1 Å². The van der Waals surface area contributed by atoms with Gasteiger partial charge in [0.05, 0.1) is 19.3 Å². The lowest BCUT2D eigenvalue weighted by molar-refractivity contribution is 0.242. The monoisotopic (exact) mass is 235 g/mol. The van der Waals surface area contributed by atoms with E-state index in [9.17, 15) is 0 Å².